The fourth-order valence-electron chi connectivity index (χ4n) is 2.57. The highest BCUT2D eigenvalue weighted by Gasteiger charge is 2.23. The van der Waals surface area contributed by atoms with Gasteiger partial charge in [-0.1, -0.05) is 12.1 Å². The summed E-state index contributed by atoms with van der Waals surface area (Å²) < 4.78 is 12.8. The molecule has 1 amide bonds. The molecule has 0 spiro atoms. The van der Waals surface area contributed by atoms with Crippen molar-refractivity contribution < 1.29 is 9.18 Å². The number of halogens is 1. The van der Waals surface area contributed by atoms with E-state index in [1.165, 1.54) is 12.1 Å². The van der Waals surface area contributed by atoms with E-state index in [4.69, 9.17) is 0 Å². The summed E-state index contributed by atoms with van der Waals surface area (Å²) in [6.07, 6.45) is 4.27. The molecule has 20 heavy (non-hydrogen) atoms. The van der Waals surface area contributed by atoms with Gasteiger partial charge in [-0.15, -0.1) is 0 Å². The molecule has 1 aromatic carbocycles. The lowest BCUT2D eigenvalue weighted by Gasteiger charge is -2.30. The van der Waals surface area contributed by atoms with Gasteiger partial charge >= 0.3 is 0 Å². The fraction of sp³-hybridized carbons (Fsp3) is 0.500. The van der Waals surface area contributed by atoms with E-state index in [9.17, 15) is 9.18 Å². The first kappa shape index (κ1) is 14.9. The van der Waals surface area contributed by atoms with E-state index in [-0.39, 0.29) is 17.6 Å². The maximum absolute atomic E-state index is 12.8. The van der Waals surface area contributed by atoms with Crippen LogP contribution >= 0.6 is 0 Å². The molecule has 0 unspecified atom stereocenters. The van der Waals surface area contributed by atoms with Gasteiger partial charge in [-0.2, -0.15) is 0 Å². The smallest absolute Gasteiger partial charge is 0.248 e. The van der Waals surface area contributed by atoms with Crippen LogP contribution in [0.4, 0.5) is 4.39 Å². The summed E-state index contributed by atoms with van der Waals surface area (Å²) in [5, 5.41) is 0. The Bertz CT molecular complexity index is 462. The Morgan fingerprint density at radius 1 is 1.35 bits per heavy atom. The molecule has 1 fully saturated rings. The van der Waals surface area contributed by atoms with Crippen molar-refractivity contribution in [3.63, 3.8) is 0 Å². The minimum atomic E-state index is -0.190. The monoisotopic (exact) mass is 276 g/mol. The second-order valence-electron chi connectivity index (χ2n) is 5.22. The van der Waals surface area contributed by atoms with Gasteiger partial charge in [0, 0.05) is 18.7 Å². The number of benzene rings is 1. The topological polar surface area (TPSA) is 32.7 Å². The number of likely N-dealkylation sites (tertiary alicyclic amines) is 1. The standard InChI is InChI=1S/C16H21FN2O/c1-2-18-16(20)14-8-11-19(12-9-14)10-7-13-3-5-15(17)6-4-13/h2-6,14H,7-12H2,1H3/b18-2+. The van der Waals surface area contributed by atoms with Gasteiger partial charge in [0.15, 0.2) is 0 Å². The van der Waals surface area contributed by atoms with Crippen molar-refractivity contribution in [3.05, 3.63) is 35.6 Å². The summed E-state index contributed by atoms with van der Waals surface area (Å²) in [6.45, 7) is 4.62. The zero-order chi connectivity index (χ0) is 14.4. The van der Waals surface area contributed by atoms with Gasteiger partial charge in [0.25, 0.3) is 0 Å². The summed E-state index contributed by atoms with van der Waals surface area (Å²) >= 11 is 0. The van der Waals surface area contributed by atoms with E-state index in [1.807, 2.05) is 12.1 Å². The number of hydrogen-bond donors (Lipinski definition) is 0. The molecule has 108 valence electrons. The average molecular weight is 276 g/mol. The second-order valence-corrected chi connectivity index (χ2v) is 5.22. The highest BCUT2D eigenvalue weighted by molar-refractivity contribution is 5.86. The summed E-state index contributed by atoms with van der Waals surface area (Å²) in [5.74, 6) is -0.0801. The largest absolute Gasteiger partial charge is 0.303 e. The molecule has 0 aliphatic carbocycles. The number of rotatable bonds is 4. The van der Waals surface area contributed by atoms with Crippen molar-refractivity contribution in [1.29, 1.82) is 0 Å². The van der Waals surface area contributed by atoms with Gasteiger partial charge in [0.05, 0.1) is 0 Å². The second kappa shape index (κ2) is 7.29. The number of nitrogens with zero attached hydrogens (tertiary/aromatic N) is 2. The lowest BCUT2D eigenvalue weighted by Crippen LogP contribution is -2.37. The van der Waals surface area contributed by atoms with E-state index >= 15 is 0 Å². The molecule has 2 rings (SSSR count). The Morgan fingerprint density at radius 2 is 2.00 bits per heavy atom. The van der Waals surface area contributed by atoms with Gasteiger partial charge in [0.2, 0.25) is 5.91 Å². The van der Waals surface area contributed by atoms with E-state index in [0.29, 0.717) is 0 Å². The average Bonchev–Trinajstić information content (AvgIpc) is 2.47. The molecular formula is C16H21FN2O. The van der Waals surface area contributed by atoms with E-state index < -0.39 is 0 Å². The van der Waals surface area contributed by atoms with Crippen molar-refractivity contribution in [2.24, 2.45) is 10.9 Å². The number of hydrogen-bond acceptors (Lipinski definition) is 2. The Balaban J connectivity index is 1.74. The Kier molecular flexibility index (Phi) is 5.41. The van der Waals surface area contributed by atoms with Crippen LogP contribution in [0.25, 0.3) is 0 Å². The minimum absolute atomic E-state index is 0.0192. The molecule has 0 saturated carbocycles. The van der Waals surface area contributed by atoms with Crippen LogP contribution in [0.2, 0.25) is 0 Å². The predicted octanol–water partition coefficient (Wildman–Crippen LogP) is 2.70. The lowest BCUT2D eigenvalue weighted by molar-refractivity contribution is -0.122. The van der Waals surface area contributed by atoms with Crippen LogP contribution in [0.15, 0.2) is 29.3 Å². The minimum Gasteiger partial charge on any atom is -0.303 e. The molecular weight excluding hydrogens is 255 g/mol. The van der Waals surface area contributed by atoms with E-state index in [2.05, 4.69) is 9.89 Å². The highest BCUT2D eigenvalue weighted by atomic mass is 19.1. The van der Waals surface area contributed by atoms with Crippen molar-refractivity contribution in [3.8, 4) is 0 Å². The van der Waals surface area contributed by atoms with E-state index in [0.717, 1.165) is 44.5 Å². The molecule has 1 aliphatic heterocycles. The maximum atomic E-state index is 12.8. The van der Waals surface area contributed by atoms with Crippen molar-refractivity contribution in [2.75, 3.05) is 19.6 Å². The number of carbonyl (C=O) groups is 1. The van der Waals surface area contributed by atoms with Gasteiger partial charge in [0.1, 0.15) is 5.82 Å². The maximum Gasteiger partial charge on any atom is 0.248 e. The van der Waals surface area contributed by atoms with Gasteiger partial charge in [-0.05, 0) is 57.0 Å². The summed E-state index contributed by atoms with van der Waals surface area (Å²) in [5.41, 5.74) is 1.15. The van der Waals surface area contributed by atoms with Crippen molar-refractivity contribution >= 4 is 12.1 Å². The first-order valence-electron chi connectivity index (χ1n) is 7.18. The molecule has 0 bridgehead atoms. The fourth-order valence-corrected chi connectivity index (χ4v) is 2.57. The van der Waals surface area contributed by atoms with Crippen LogP contribution in [0.3, 0.4) is 0 Å². The third kappa shape index (κ3) is 4.23. The van der Waals surface area contributed by atoms with Crippen molar-refractivity contribution in [1.82, 2.24) is 4.90 Å². The molecule has 4 heteroatoms. The molecule has 1 aliphatic rings. The Labute approximate surface area is 119 Å². The quantitative estimate of drug-likeness (QED) is 0.792. The molecule has 0 aromatic heterocycles. The van der Waals surface area contributed by atoms with Crippen LogP contribution in [0.1, 0.15) is 25.3 Å². The van der Waals surface area contributed by atoms with Crippen molar-refractivity contribution in [2.45, 2.75) is 26.2 Å². The zero-order valence-electron chi connectivity index (χ0n) is 11.9. The van der Waals surface area contributed by atoms with Crippen LogP contribution < -0.4 is 0 Å². The third-order valence-electron chi connectivity index (χ3n) is 3.82. The lowest BCUT2D eigenvalue weighted by atomic mass is 9.96. The first-order valence-corrected chi connectivity index (χ1v) is 7.18. The highest BCUT2D eigenvalue weighted by Crippen LogP contribution is 2.18. The summed E-state index contributed by atoms with van der Waals surface area (Å²) in [4.78, 5) is 17.9. The Hall–Kier alpha value is -1.55. The number of aliphatic imine (C=N–C) groups is 1. The zero-order valence-corrected chi connectivity index (χ0v) is 11.9. The van der Waals surface area contributed by atoms with Gasteiger partial charge in [-0.25, -0.2) is 9.38 Å². The number of piperidine rings is 1. The van der Waals surface area contributed by atoms with Crippen LogP contribution in [0.5, 0.6) is 0 Å². The third-order valence-corrected chi connectivity index (χ3v) is 3.82. The Morgan fingerprint density at radius 3 is 2.60 bits per heavy atom. The molecule has 3 nitrogen and oxygen atoms in total. The molecule has 0 radical (unpaired) electrons. The van der Waals surface area contributed by atoms with Gasteiger partial charge < -0.3 is 4.90 Å². The van der Waals surface area contributed by atoms with E-state index in [1.54, 1.807) is 13.1 Å². The summed E-state index contributed by atoms with van der Waals surface area (Å²) in [7, 11) is 0. The molecule has 1 saturated heterocycles. The molecule has 0 atom stereocenters. The summed E-state index contributed by atoms with van der Waals surface area (Å²) in [6, 6.07) is 6.68. The normalized spacial score (nSPS) is 17.7. The molecule has 0 N–H and O–H groups in total. The van der Waals surface area contributed by atoms with Crippen LogP contribution in [-0.2, 0) is 11.2 Å². The number of carbonyl (C=O) groups excluding carboxylic acids is 1. The molecule has 1 heterocycles. The first-order chi connectivity index (χ1) is 9.69. The van der Waals surface area contributed by atoms with Crippen LogP contribution in [0, 0.1) is 11.7 Å². The van der Waals surface area contributed by atoms with Crippen LogP contribution in [-0.4, -0.2) is 36.7 Å². The molecule has 1 aromatic rings. The predicted molar refractivity (Wildman–Crippen MR) is 78.4 cm³/mol. The number of amides is 1. The van der Waals surface area contributed by atoms with Gasteiger partial charge in [-0.3, -0.25) is 4.79 Å². The SMILES string of the molecule is C/C=N/C(=O)C1CCN(CCc2ccc(F)cc2)CC1.